The van der Waals surface area contributed by atoms with E-state index in [0.717, 1.165) is 12.8 Å². The van der Waals surface area contributed by atoms with Gasteiger partial charge in [0.05, 0.1) is 6.04 Å². The zero-order valence-corrected chi connectivity index (χ0v) is 14.2. The molecule has 1 aliphatic carbocycles. The standard InChI is InChI=1S/C16H28N2O5/c1-16(2)18(15(20)21)12(9-11-7-5-4-6-8-11)13(23-16)14(19)17-10-22-3/h11-13H,4-10H2,1-3H3,(H,17,19)(H,20,21). The second-order valence-corrected chi connectivity index (χ2v) is 6.92. The highest BCUT2D eigenvalue weighted by Gasteiger charge is 2.53. The Morgan fingerprint density at radius 3 is 2.52 bits per heavy atom. The first kappa shape index (κ1) is 18.0. The molecule has 0 aromatic rings. The Balaban J connectivity index is 2.16. The van der Waals surface area contributed by atoms with Crippen LogP contribution in [-0.4, -0.2) is 53.7 Å². The maximum atomic E-state index is 12.4. The minimum absolute atomic E-state index is 0.0857. The largest absolute Gasteiger partial charge is 0.465 e. The van der Waals surface area contributed by atoms with Crippen LogP contribution in [0.4, 0.5) is 4.79 Å². The molecule has 2 fully saturated rings. The molecule has 7 heteroatoms. The van der Waals surface area contributed by atoms with Gasteiger partial charge in [-0.3, -0.25) is 9.69 Å². The summed E-state index contributed by atoms with van der Waals surface area (Å²) < 4.78 is 10.7. The summed E-state index contributed by atoms with van der Waals surface area (Å²) in [6.07, 6.45) is 4.61. The number of methoxy groups -OCH3 is 1. The average molecular weight is 328 g/mol. The highest BCUT2D eigenvalue weighted by atomic mass is 16.6. The van der Waals surface area contributed by atoms with Gasteiger partial charge in [-0.05, 0) is 26.2 Å². The van der Waals surface area contributed by atoms with Crippen LogP contribution in [0, 0.1) is 5.92 Å². The molecule has 2 unspecified atom stereocenters. The number of carbonyl (C=O) groups excluding carboxylic acids is 1. The number of rotatable bonds is 5. The van der Waals surface area contributed by atoms with Crippen LogP contribution in [-0.2, 0) is 14.3 Å². The molecular weight excluding hydrogens is 300 g/mol. The van der Waals surface area contributed by atoms with Gasteiger partial charge < -0.3 is 19.9 Å². The maximum absolute atomic E-state index is 12.4. The Morgan fingerprint density at radius 2 is 1.96 bits per heavy atom. The van der Waals surface area contributed by atoms with E-state index in [1.54, 1.807) is 13.8 Å². The van der Waals surface area contributed by atoms with Crippen molar-refractivity contribution in [3.63, 3.8) is 0 Å². The van der Waals surface area contributed by atoms with Crippen molar-refractivity contribution in [2.75, 3.05) is 13.8 Å². The van der Waals surface area contributed by atoms with E-state index in [-0.39, 0.29) is 12.6 Å². The first-order valence-corrected chi connectivity index (χ1v) is 8.33. The lowest BCUT2D eigenvalue weighted by molar-refractivity contribution is -0.139. The third-order valence-corrected chi connectivity index (χ3v) is 4.83. The summed E-state index contributed by atoms with van der Waals surface area (Å²) in [5, 5.41) is 12.2. The van der Waals surface area contributed by atoms with E-state index in [2.05, 4.69) is 5.32 Å². The third kappa shape index (κ3) is 4.14. The number of hydrogen-bond donors (Lipinski definition) is 2. The summed E-state index contributed by atoms with van der Waals surface area (Å²) in [6.45, 7) is 3.47. The van der Waals surface area contributed by atoms with E-state index in [4.69, 9.17) is 9.47 Å². The van der Waals surface area contributed by atoms with E-state index in [1.807, 2.05) is 0 Å². The molecule has 0 spiro atoms. The van der Waals surface area contributed by atoms with Gasteiger partial charge in [0, 0.05) is 7.11 Å². The van der Waals surface area contributed by atoms with Crippen molar-refractivity contribution in [1.82, 2.24) is 10.2 Å². The normalized spacial score (nSPS) is 27.9. The van der Waals surface area contributed by atoms with Crippen LogP contribution in [0.15, 0.2) is 0 Å². The molecular formula is C16H28N2O5. The summed E-state index contributed by atoms with van der Waals surface area (Å²) in [4.78, 5) is 25.4. The Labute approximate surface area is 137 Å². The highest BCUT2D eigenvalue weighted by Crippen LogP contribution is 2.38. The van der Waals surface area contributed by atoms with E-state index in [9.17, 15) is 14.7 Å². The summed E-state index contributed by atoms with van der Waals surface area (Å²) in [7, 11) is 1.49. The first-order valence-electron chi connectivity index (χ1n) is 8.33. The van der Waals surface area contributed by atoms with E-state index in [1.165, 1.54) is 31.3 Å². The lowest BCUT2D eigenvalue weighted by atomic mass is 9.83. The lowest BCUT2D eigenvalue weighted by Gasteiger charge is -2.33. The summed E-state index contributed by atoms with van der Waals surface area (Å²) in [5.74, 6) is 0.135. The van der Waals surface area contributed by atoms with Gasteiger partial charge in [-0.2, -0.15) is 0 Å². The van der Waals surface area contributed by atoms with Crippen LogP contribution in [0.5, 0.6) is 0 Å². The van der Waals surface area contributed by atoms with Crippen molar-refractivity contribution >= 4 is 12.0 Å². The molecule has 0 aromatic heterocycles. The van der Waals surface area contributed by atoms with Crippen LogP contribution >= 0.6 is 0 Å². The summed E-state index contributed by atoms with van der Waals surface area (Å²) in [6, 6.07) is -0.456. The maximum Gasteiger partial charge on any atom is 0.409 e. The predicted octanol–water partition coefficient (Wildman–Crippen LogP) is 2.16. The molecule has 0 aromatic carbocycles. The smallest absolute Gasteiger partial charge is 0.409 e. The Morgan fingerprint density at radius 1 is 1.30 bits per heavy atom. The van der Waals surface area contributed by atoms with Gasteiger partial charge in [0.25, 0.3) is 5.91 Å². The number of nitrogens with one attached hydrogen (secondary N) is 1. The fourth-order valence-electron chi connectivity index (χ4n) is 3.82. The highest BCUT2D eigenvalue weighted by molar-refractivity contribution is 5.83. The first-order chi connectivity index (χ1) is 10.9. The minimum atomic E-state index is -1.04. The van der Waals surface area contributed by atoms with Crippen molar-refractivity contribution in [3.8, 4) is 0 Å². The predicted molar refractivity (Wildman–Crippen MR) is 83.8 cm³/mol. The van der Waals surface area contributed by atoms with Crippen molar-refractivity contribution in [3.05, 3.63) is 0 Å². The topological polar surface area (TPSA) is 88.1 Å². The van der Waals surface area contributed by atoms with E-state index < -0.39 is 24.0 Å². The number of carboxylic acid groups (broad SMARTS) is 1. The molecule has 23 heavy (non-hydrogen) atoms. The van der Waals surface area contributed by atoms with Crippen LogP contribution in [0.3, 0.4) is 0 Å². The quantitative estimate of drug-likeness (QED) is 0.755. The molecule has 0 bridgehead atoms. The van der Waals surface area contributed by atoms with Crippen molar-refractivity contribution in [2.24, 2.45) is 5.92 Å². The second kappa shape index (κ2) is 7.49. The van der Waals surface area contributed by atoms with E-state index in [0.29, 0.717) is 12.3 Å². The van der Waals surface area contributed by atoms with Gasteiger partial charge in [0.1, 0.15) is 12.5 Å². The molecule has 2 N–H and O–H groups in total. The molecule has 2 rings (SSSR count). The van der Waals surface area contributed by atoms with Crippen LogP contribution in [0.25, 0.3) is 0 Å². The molecule has 2 aliphatic rings. The van der Waals surface area contributed by atoms with Gasteiger partial charge in [0.15, 0.2) is 6.10 Å². The Bertz CT molecular complexity index is 434. The molecule has 1 saturated heterocycles. The fourth-order valence-corrected chi connectivity index (χ4v) is 3.82. The molecule has 2 atom stereocenters. The Kier molecular flexibility index (Phi) is 5.86. The van der Waals surface area contributed by atoms with Crippen LogP contribution in [0.1, 0.15) is 52.4 Å². The minimum Gasteiger partial charge on any atom is -0.465 e. The number of hydrogen-bond acceptors (Lipinski definition) is 4. The Hall–Kier alpha value is -1.34. The van der Waals surface area contributed by atoms with Gasteiger partial charge >= 0.3 is 6.09 Å². The van der Waals surface area contributed by atoms with E-state index >= 15 is 0 Å². The van der Waals surface area contributed by atoms with Gasteiger partial charge in [0.2, 0.25) is 0 Å². The molecule has 1 heterocycles. The van der Waals surface area contributed by atoms with Crippen molar-refractivity contribution in [2.45, 2.75) is 70.2 Å². The van der Waals surface area contributed by atoms with Crippen LogP contribution in [0.2, 0.25) is 0 Å². The zero-order valence-electron chi connectivity index (χ0n) is 14.2. The molecule has 0 radical (unpaired) electrons. The van der Waals surface area contributed by atoms with Gasteiger partial charge in [-0.25, -0.2) is 4.79 Å². The third-order valence-electron chi connectivity index (χ3n) is 4.83. The summed E-state index contributed by atoms with van der Waals surface area (Å²) >= 11 is 0. The zero-order chi connectivity index (χ0) is 17.0. The van der Waals surface area contributed by atoms with Crippen LogP contribution < -0.4 is 5.32 Å². The second-order valence-electron chi connectivity index (χ2n) is 6.92. The molecule has 1 saturated carbocycles. The number of carbonyl (C=O) groups is 2. The van der Waals surface area contributed by atoms with Crippen molar-refractivity contribution in [1.29, 1.82) is 0 Å². The number of nitrogens with zero attached hydrogens (tertiary/aromatic N) is 1. The molecule has 2 amide bonds. The molecule has 1 aliphatic heterocycles. The average Bonchev–Trinajstić information content (AvgIpc) is 2.76. The fraction of sp³-hybridized carbons (Fsp3) is 0.875. The molecule has 7 nitrogen and oxygen atoms in total. The number of ether oxygens (including phenoxy) is 2. The lowest BCUT2D eigenvalue weighted by Crippen LogP contribution is -2.50. The van der Waals surface area contributed by atoms with Gasteiger partial charge in [-0.1, -0.05) is 32.1 Å². The van der Waals surface area contributed by atoms with Crippen molar-refractivity contribution < 1.29 is 24.2 Å². The van der Waals surface area contributed by atoms with Gasteiger partial charge in [-0.15, -0.1) is 0 Å². The number of amides is 2. The SMILES string of the molecule is COCNC(=O)C1OC(C)(C)N(C(=O)O)C1CC1CCCCC1. The molecule has 132 valence electrons. The monoisotopic (exact) mass is 328 g/mol. The summed E-state index contributed by atoms with van der Waals surface area (Å²) in [5.41, 5.74) is -1.01.